The maximum atomic E-state index is 4.79. The molecule has 2 nitrogen and oxygen atoms in total. The number of aromatic nitrogens is 1. The first-order valence-corrected chi connectivity index (χ1v) is 8.93. The van der Waals surface area contributed by atoms with Gasteiger partial charge in [-0.2, -0.15) is 0 Å². The van der Waals surface area contributed by atoms with Crippen molar-refractivity contribution in [3.63, 3.8) is 0 Å². The lowest BCUT2D eigenvalue weighted by Crippen LogP contribution is -2.30. The maximum absolute atomic E-state index is 4.79. The minimum Gasteiger partial charge on any atom is -0.307 e. The molecule has 1 heterocycles. The molecular weight excluding hydrogens is 264 g/mol. The summed E-state index contributed by atoms with van der Waals surface area (Å²) in [5.74, 6) is 0. The maximum Gasteiger partial charge on any atom is 0.0985 e. The zero-order valence-corrected chi connectivity index (χ0v) is 14.6. The van der Waals surface area contributed by atoms with Crippen molar-refractivity contribution in [3.8, 4) is 0 Å². The van der Waals surface area contributed by atoms with Gasteiger partial charge >= 0.3 is 0 Å². The summed E-state index contributed by atoms with van der Waals surface area (Å²) in [5, 5.41) is 5.11. The molecule has 0 saturated heterocycles. The van der Waals surface area contributed by atoms with Gasteiger partial charge in [0.15, 0.2) is 0 Å². The number of rotatable bonds is 3. The zero-order valence-electron chi connectivity index (χ0n) is 13.8. The van der Waals surface area contributed by atoms with Gasteiger partial charge < -0.3 is 5.32 Å². The normalized spacial score (nSPS) is 19.9. The van der Waals surface area contributed by atoms with Crippen molar-refractivity contribution in [1.29, 1.82) is 0 Å². The Morgan fingerprint density at radius 3 is 2.25 bits per heavy atom. The third-order valence-electron chi connectivity index (χ3n) is 4.21. The van der Waals surface area contributed by atoms with E-state index in [1.807, 2.05) is 11.3 Å². The largest absolute Gasteiger partial charge is 0.307 e. The Labute approximate surface area is 128 Å². The highest BCUT2D eigenvalue weighted by molar-refractivity contribution is 7.12. The lowest BCUT2D eigenvalue weighted by atomic mass is 9.98. The molecule has 20 heavy (non-hydrogen) atoms. The van der Waals surface area contributed by atoms with Gasteiger partial charge in [0.2, 0.25) is 0 Å². The minimum atomic E-state index is 0.162. The van der Waals surface area contributed by atoms with Crippen molar-refractivity contribution in [1.82, 2.24) is 10.3 Å². The first-order chi connectivity index (χ1) is 9.38. The summed E-state index contributed by atoms with van der Waals surface area (Å²) >= 11 is 1.89. The number of thiazole rings is 1. The van der Waals surface area contributed by atoms with Gasteiger partial charge in [-0.25, -0.2) is 4.98 Å². The number of nitrogens with zero attached hydrogens (tertiary/aromatic N) is 1. The molecule has 3 heteroatoms. The molecule has 1 aliphatic carbocycles. The van der Waals surface area contributed by atoms with Crippen molar-refractivity contribution >= 4 is 11.3 Å². The summed E-state index contributed by atoms with van der Waals surface area (Å²) in [6, 6.07) is 1.14. The SMILES string of the molecule is Cc1nc(C(C)(C)C)sc1C(C)NC1CCCCCC1. The lowest BCUT2D eigenvalue weighted by Gasteiger charge is -2.21. The highest BCUT2D eigenvalue weighted by Gasteiger charge is 2.23. The first kappa shape index (κ1) is 16.0. The Bertz CT molecular complexity index is 423. The zero-order chi connectivity index (χ0) is 14.8. The second-order valence-electron chi connectivity index (χ2n) is 7.30. The fourth-order valence-corrected chi connectivity index (χ4v) is 4.14. The van der Waals surface area contributed by atoms with Crippen LogP contribution in [0.5, 0.6) is 0 Å². The number of hydrogen-bond donors (Lipinski definition) is 1. The van der Waals surface area contributed by atoms with Crippen LogP contribution in [0.3, 0.4) is 0 Å². The molecule has 0 spiro atoms. The van der Waals surface area contributed by atoms with E-state index in [4.69, 9.17) is 4.98 Å². The highest BCUT2D eigenvalue weighted by Crippen LogP contribution is 2.33. The molecular formula is C17H30N2S. The molecule has 1 fully saturated rings. The van der Waals surface area contributed by atoms with Crippen molar-refractivity contribution in [2.45, 2.75) is 90.6 Å². The van der Waals surface area contributed by atoms with Gasteiger partial charge in [0, 0.05) is 22.4 Å². The predicted molar refractivity (Wildman–Crippen MR) is 88.6 cm³/mol. The molecule has 0 amide bonds. The van der Waals surface area contributed by atoms with Crippen LogP contribution in [0.2, 0.25) is 0 Å². The van der Waals surface area contributed by atoms with Crippen LogP contribution in [0.4, 0.5) is 0 Å². The van der Waals surface area contributed by atoms with E-state index in [0.29, 0.717) is 12.1 Å². The van der Waals surface area contributed by atoms with Crippen molar-refractivity contribution in [2.75, 3.05) is 0 Å². The average Bonchev–Trinajstić information content (AvgIpc) is 2.58. The van der Waals surface area contributed by atoms with E-state index >= 15 is 0 Å². The molecule has 1 saturated carbocycles. The van der Waals surface area contributed by atoms with E-state index in [9.17, 15) is 0 Å². The number of aryl methyl sites for hydroxylation is 1. The van der Waals surface area contributed by atoms with E-state index in [2.05, 4.69) is 39.9 Å². The van der Waals surface area contributed by atoms with E-state index in [-0.39, 0.29) is 5.41 Å². The van der Waals surface area contributed by atoms with Crippen molar-refractivity contribution in [3.05, 3.63) is 15.6 Å². The standard InChI is InChI=1S/C17H30N2S/c1-12(18-14-10-8-6-7-9-11-14)15-13(2)19-16(20-15)17(3,4)5/h12,14,18H,6-11H2,1-5H3. The van der Waals surface area contributed by atoms with Gasteiger partial charge in [-0.3, -0.25) is 0 Å². The Kier molecular flexibility index (Phi) is 5.25. The van der Waals surface area contributed by atoms with Gasteiger partial charge in [0.1, 0.15) is 0 Å². The first-order valence-electron chi connectivity index (χ1n) is 8.12. The highest BCUT2D eigenvalue weighted by atomic mass is 32.1. The summed E-state index contributed by atoms with van der Waals surface area (Å²) in [6.07, 6.45) is 8.29. The van der Waals surface area contributed by atoms with Gasteiger partial charge in [-0.05, 0) is 26.7 Å². The third kappa shape index (κ3) is 4.05. The molecule has 1 aromatic rings. The van der Waals surface area contributed by atoms with E-state index < -0.39 is 0 Å². The van der Waals surface area contributed by atoms with Crippen molar-refractivity contribution in [2.24, 2.45) is 0 Å². The fourth-order valence-electron chi connectivity index (χ4n) is 3.01. The molecule has 1 N–H and O–H groups in total. The minimum absolute atomic E-state index is 0.162. The summed E-state index contributed by atoms with van der Waals surface area (Å²) in [4.78, 5) is 6.22. The van der Waals surface area contributed by atoms with Crippen LogP contribution in [0.25, 0.3) is 0 Å². The smallest absolute Gasteiger partial charge is 0.0985 e. The monoisotopic (exact) mass is 294 g/mol. The molecule has 2 rings (SSSR count). The van der Waals surface area contributed by atoms with Crippen LogP contribution in [-0.2, 0) is 5.41 Å². The van der Waals surface area contributed by atoms with E-state index in [1.54, 1.807) is 0 Å². The lowest BCUT2D eigenvalue weighted by molar-refractivity contribution is 0.416. The summed E-state index contributed by atoms with van der Waals surface area (Å²) in [5.41, 5.74) is 1.38. The Balaban J connectivity index is 2.04. The van der Waals surface area contributed by atoms with Crippen LogP contribution in [0.1, 0.15) is 87.8 Å². The topological polar surface area (TPSA) is 24.9 Å². The average molecular weight is 295 g/mol. The second kappa shape index (κ2) is 6.57. The molecule has 1 aromatic heterocycles. The molecule has 1 unspecified atom stereocenters. The summed E-state index contributed by atoms with van der Waals surface area (Å²) in [6.45, 7) is 11.2. The van der Waals surface area contributed by atoms with Crippen LogP contribution < -0.4 is 5.32 Å². The van der Waals surface area contributed by atoms with Crippen LogP contribution in [-0.4, -0.2) is 11.0 Å². The van der Waals surface area contributed by atoms with Crippen LogP contribution in [0.15, 0.2) is 0 Å². The van der Waals surface area contributed by atoms with E-state index in [1.165, 1.54) is 54.1 Å². The molecule has 0 bridgehead atoms. The molecule has 0 radical (unpaired) electrons. The van der Waals surface area contributed by atoms with Crippen LogP contribution in [0, 0.1) is 6.92 Å². The Morgan fingerprint density at radius 1 is 1.15 bits per heavy atom. The van der Waals surface area contributed by atoms with Gasteiger partial charge in [-0.15, -0.1) is 11.3 Å². The van der Waals surface area contributed by atoms with Crippen LogP contribution >= 0.6 is 11.3 Å². The summed E-state index contributed by atoms with van der Waals surface area (Å²) in [7, 11) is 0. The molecule has 0 aliphatic heterocycles. The van der Waals surface area contributed by atoms with Gasteiger partial charge in [-0.1, -0.05) is 46.5 Å². The predicted octanol–water partition coefficient (Wildman–Crippen LogP) is 5.12. The van der Waals surface area contributed by atoms with Crippen molar-refractivity contribution < 1.29 is 0 Å². The number of hydrogen-bond acceptors (Lipinski definition) is 3. The quantitative estimate of drug-likeness (QED) is 0.782. The molecule has 114 valence electrons. The third-order valence-corrected chi connectivity index (χ3v) is 5.97. The second-order valence-corrected chi connectivity index (χ2v) is 8.33. The fraction of sp³-hybridized carbons (Fsp3) is 0.824. The molecule has 1 atom stereocenters. The Hall–Kier alpha value is -0.410. The molecule has 0 aromatic carbocycles. The summed E-state index contributed by atoms with van der Waals surface area (Å²) < 4.78 is 0. The van der Waals surface area contributed by atoms with E-state index in [0.717, 1.165) is 0 Å². The molecule has 1 aliphatic rings. The van der Waals surface area contributed by atoms with Gasteiger partial charge in [0.25, 0.3) is 0 Å². The Morgan fingerprint density at radius 2 is 1.75 bits per heavy atom. The number of nitrogens with one attached hydrogen (secondary N) is 1. The van der Waals surface area contributed by atoms with Gasteiger partial charge in [0.05, 0.1) is 10.7 Å².